The maximum absolute atomic E-state index is 12.9. The Bertz CT molecular complexity index is 1250. The van der Waals surface area contributed by atoms with Crippen molar-refractivity contribution >= 4 is 15.9 Å². The fourth-order valence-corrected chi connectivity index (χ4v) is 5.58. The van der Waals surface area contributed by atoms with Gasteiger partial charge in [-0.05, 0) is 36.5 Å². The van der Waals surface area contributed by atoms with Crippen LogP contribution in [0.1, 0.15) is 30.0 Å². The van der Waals surface area contributed by atoms with Gasteiger partial charge in [-0.15, -0.1) is 0 Å². The molecule has 1 amide bonds. The number of sulfonamides is 1. The number of nitrogens with zero attached hydrogens (tertiary/aromatic N) is 2. The molecule has 172 valence electrons. The van der Waals surface area contributed by atoms with Crippen LogP contribution < -0.4 is 10.9 Å². The molecule has 2 heterocycles. The van der Waals surface area contributed by atoms with Crippen LogP contribution in [0.25, 0.3) is 0 Å². The number of hydrogen-bond acceptors (Lipinski definition) is 4. The van der Waals surface area contributed by atoms with Gasteiger partial charge in [-0.3, -0.25) is 9.59 Å². The molecule has 0 unspecified atom stereocenters. The zero-order valence-corrected chi connectivity index (χ0v) is 19.1. The lowest BCUT2D eigenvalue weighted by molar-refractivity contribution is -0.122. The van der Waals surface area contributed by atoms with Crippen molar-refractivity contribution in [1.29, 1.82) is 0 Å². The summed E-state index contributed by atoms with van der Waals surface area (Å²) in [6, 6.07) is 21.7. The average Bonchev–Trinajstić information content (AvgIpc) is 3.37. The summed E-state index contributed by atoms with van der Waals surface area (Å²) in [5, 5.41) is 3.01. The van der Waals surface area contributed by atoms with Gasteiger partial charge in [0.25, 0.3) is 5.56 Å². The van der Waals surface area contributed by atoms with Gasteiger partial charge in [0.15, 0.2) is 0 Å². The molecule has 0 aliphatic carbocycles. The van der Waals surface area contributed by atoms with Crippen LogP contribution in [0, 0.1) is 0 Å². The average molecular weight is 466 g/mol. The number of nitrogens with one attached hydrogen (secondary N) is 1. The van der Waals surface area contributed by atoms with Crippen LogP contribution in [0.3, 0.4) is 0 Å². The van der Waals surface area contributed by atoms with Gasteiger partial charge >= 0.3 is 0 Å². The fourth-order valence-electron chi connectivity index (χ4n) is 4.05. The highest BCUT2D eigenvalue weighted by Crippen LogP contribution is 2.20. The lowest BCUT2D eigenvalue weighted by Gasteiger charge is -2.20. The van der Waals surface area contributed by atoms with Crippen LogP contribution in [0.15, 0.2) is 88.7 Å². The first-order valence-electron chi connectivity index (χ1n) is 11.0. The summed E-state index contributed by atoms with van der Waals surface area (Å²) in [5.74, 6) is -0.363. The minimum Gasteiger partial charge on any atom is -0.347 e. The SMILES string of the molecule is O=C(Cn1cc(S(=O)(=O)N2CCCC2)ccc1=O)N[C@H](Cc1ccccc1)c1ccccc1. The Morgan fingerprint density at radius 2 is 1.55 bits per heavy atom. The number of hydrogen-bond donors (Lipinski definition) is 1. The second-order valence-electron chi connectivity index (χ2n) is 8.16. The molecule has 7 nitrogen and oxygen atoms in total. The first-order valence-corrected chi connectivity index (χ1v) is 12.5. The molecular weight excluding hydrogens is 438 g/mol. The second kappa shape index (κ2) is 10.1. The minimum atomic E-state index is -3.68. The van der Waals surface area contributed by atoms with Gasteiger partial charge in [-0.2, -0.15) is 4.31 Å². The number of benzene rings is 2. The lowest BCUT2D eigenvalue weighted by Crippen LogP contribution is -2.36. The molecular formula is C25H27N3O4S. The number of carbonyl (C=O) groups is 1. The summed E-state index contributed by atoms with van der Waals surface area (Å²) in [7, 11) is -3.68. The smallest absolute Gasteiger partial charge is 0.251 e. The monoisotopic (exact) mass is 465 g/mol. The summed E-state index contributed by atoms with van der Waals surface area (Å²) in [4.78, 5) is 25.3. The van der Waals surface area contributed by atoms with E-state index in [0.717, 1.165) is 28.5 Å². The number of aromatic nitrogens is 1. The molecule has 3 aromatic rings. The molecule has 8 heteroatoms. The molecule has 1 aliphatic rings. The molecule has 1 aliphatic heterocycles. The van der Waals surface area contributed by atoms with E-state index in [0.29, 0.717) is 19.5 Å². The normalized spacial score (nSPS) is 15.3. The third-order valence-electron chi connectivity index (χ3n) is 5.79. The molecule has 1 N–H and O–H groups in total. The van der Waals surface area contributed by atoms with E-state index >= 15 is 0 Å². The maximum Gasteiger partial charge on any atom is 0.251 e. The van der Waals surface area contributed by atoms with Gasteiger partial charge in [0.2, 0.25) is 15.9 Å². The van der Waals surface area contributed by atoms with Gasteiger partial charge < -0.3 is 9.88 Å². The Labute approximate surface area is 193 Å². The Morgan fingerprint density at radius 3 is 2.21 bits per heavy atom. The lowest BCUT2D eigenvalue weighted by atomic mass is 9.99. The summed E-state index contributed by atoms with van der Waals surface area (Å²) < 4.78 is 28.3. The van der Waals surface area contributed by atoms with Crippen molar-refractivity contribution in [1.82, 2.24) is 14.2 Å². The van der Waals surface area contributed by atoms with Crippen molar-refractivity contribution < 1.29 is 13.2 Å². The predicted molar refractivity (Wildman–Crippen MR) is 126 cm³/mol. The number of pyridine rings is 1. The van der Waals surface area contributed by atoms with E-state index in [-0.39, 0.29) is 23.4 Å². The van der Waals surface area contributed by atoms with Gasteiger partial charge in [-0.1, -0.05) is 60.7 Å². The molecule has 1 fully saturated rings. The topological polar surface area (TPSA) is 88.5 Å². The standard InChI is InChI=1S/C25H27N3O4S/c29-24(26-23(21-11-5-2-6-12-21)17-20-9-3-1-4-10-20)19-27-18-22(13-14-25(27)30)33(31,32)28-15-7-8-16-28/h1-6,9-14,18,23H,7-8,15-17,19H2,(H,26,29)/t23-/m1/s1. The van der Waals surface area contributed by atoms with E-state index in [1.165, 1.54) is 22.6 Å². The number of carbonyl (C=O) groups excluding carboxylic acids is 1. The van der Waals surface area contributed by atoms with Crippen LogP contribution >= 0.6 is 0 Å². The van der Waals surface area contributed by atoms with Crippen LogP contribution in [-0.2, 0) is 27.8 Å². The quantitative estimate of drug-likeness (QED) is 0.554. The Hall–Kier alpha value is -3.23. The highest BCUT2D eigenvalue weighted by atomic mass is 32.2. The molecule has 1 atom stereocenters. The van der Waals surface area contributed by atoms with Crippen molar-refractivity contribution in [2.24, 2.45) is 0 Å². The van der Waals surface area contributed by atoms with Gasteiger partial charge in [0.1, 0.15) is 6.54 Å². The maximum atomic E-state index is 12.9. The van der Waals surface area contributed by atoms with E-state index in [1.807, 2.05) is 60.7 Å². The van der Waals surface area contributed by atoms with Crippen LogP contribution in [-0.4, -0.2) is 36.3 Å². The predicted octanol–water partition coefficient (Wildman–Crippen LogP) is 2.73. The second-order valence-corrected chi connectivity index (χ2v) is 10.1. The summed E-state index contributed by atoms with van der Waals surface area (Å²) in [6.07, 6.45) is 3.51. The molecule has 0 saturated carbocycles. The number of amides is 1. The van der Waals surface area contributed by atoms with Crippen molar-refractivity contribution in [3.05, 3.63) is 100 Å². The molecule has 0 spiro atoms. The van der Waals surface area contributed by atoms with Gasteiger partial charge in [0, 0.05) is 25.4 Å². The largest absolute Gasteiger partial charge is 0.347 e. The van der Waals surface area contributed by atoms with Gasteiger partial charge in [-0.25, -0.2) is 8.42 Å². The van der Waals surface area contributed by atoms with E-state index < -0.39 is 15.6 Å². The van der Waals surface area contributed by atoms with E-state index in [9.17, 15) is 18.0 Å². The molecule has 1 saturated heterocycles. The first-order chi connectivity index (χ1) is 15.9. The van der Waals surface area contributed by atoms with Crippen LogP contribution in [0.4, 0.5) is 0 Å². The minimum absolute atomic E-state index is 0.0284. The molecule has 33 heavy (non-hydrogen) atoms. The highest BCUT2D eigenvalue weighted by Gasteiger charge is 2.28. The highest BCUT2D eigenvalue weighted by molar-refractivity contribution is 7.89. The third kappa shape index (κ3) is 5.58. The van der Waals surface area contributed by atoms with E-state index in [2.05, 4.69) is 5.32 Å². The summed E-state index contributed by atoms with van der Waals surface area (Å²) >= 11 is 0. The van der Waals surface area contributed by atoms with Crippen LogP contribution in [0.5, 0.6) is 0 Å². The van der Waals surface area contributed by atoms with E-state index in [1.54, 1.807) is 0 Å². The molecule has 1 aromatic heterocycles. The summed E-state index contributed by atoms with van der Waals surface area (Å²) in [5.41, 5.74) is 1.60. The number of rotatable bonds is 8. The third-order valence-corrected chi connectivity index (χ3v) is 7.68. The van der Waals surface area contributed by atoms with Crippen molar-refractivity contribution in [2.75, 3.05) is 13.1 Å². The Morgan fingerprint density at radius 1 is 0.909 bits per heavy atom. The van der Waals surface area contributed by atoms with Crippen molar-refractivity contribution in [3.8, 4) is 0 Å². The Kier molecular flexibility index (Phi) is 7.05. The molecule has 4 rings (SSSR count). The van der Waals surface area contributed by atoms with Crippen molar-refractivity contribution in [3.63, 3.8) is 0 Å². The summed E-state index contributed by atoms with van der Waals surface area (Å²) in [6.45, 7) is 0.681. The van der Waals surface area contributed by atoms with E-state index in [4.69, 9.17) is 0 Å². The van der Waals surface area contributed by atoms with Gasteiger partial charge in [0.05, 0.1) is 10.9 Å². The molecule has 2 aromatic carbocycles. The Balaban J connectivity index is 1.53. The fraction of sp³-hybridized carbons (Fsp3) is 0.280. The first kappa shape index (κ1) is 22.9. The molecule has 0 radical (unpaired) electrons. The molecule has 0 bridgehead atoms. The van der Waals surface area contributed by atoms with Crippen LogP contribution in [0.2, 0.25) is 0 Å². The zero-order valence-electron chi connectivity index (χ0n) is 18.3. The van der Waals surface area contributed by atoms with Crippen molar-refractivity contribution in [2.45, 2.75) is 36.7 Å². The zero-order chi connectivity index (χ0) is 23.3.